The van der Waals surface area contributed by atoms with Crippen molar-refractivity contribution in [2.24, 2.45) is 17.6 Å². The van der Waals surface area contributed by atoms with Gasteiger partial charge in [0.15, 0.2) is 5.78 Å². The molecule has 1 saturated carbocycles. The third kappa shape index (κ3) is 3.95. The van der Waals surface area contributed by atoms with Gasteiger partial charge < -0.3 is 10.6 Å². The molecule has 25 heavy (non-hydrogen) atoms. The van der Waals surface area contributed by atoms with Crippen LogP contribution in [0.15, 0.2) is 24.3 Å². The lowest BCUT2D eigenvalue weighted by atomic mass is 9.73. The van der Waals surface area contributed by atoms with E-state index in [1.165, 1.54) is 0 Å². The fourth-order valence-corrected chi connectivity index (χ4v) is 4.30. The normalized spacial score (nSPS) is 28.0. The van der Waals surface area contributed by atoms with Gasteiger partial charge in [0.25, 0.3) is 0 Å². The molecular weight excluding hydrogens is 312 g/mol. The van der Waals surface area contributed by atoms with Gasteiger partial charge in [0.1, 0.15) is 0 Å². The van der Waals surface area contributed by atoms with E-state index in [1.54, 1.807) is 0 Å². The molecule has 0 bridgehead atoms. The average Bonchev–Trinajstić information content (AvgIpc) is 2.61. The summed E-state index contributed by atoms with van der Waals surface area (Å²) >= 11 is 0. The number of likely N-dealkylation sites (tertiary alicyclic amines) is 1. The summed E-state index contributed by atoms with van der Waals surface area (Å²) in [6, 6.07) is 7.79. The number of hydrogen-bond acceptors (Lipinski definition) is 3. The second-order valence-corrected chi connectivity index (χ2v) is 8.13. The minimum atomic E-state index is -0.385. The van der Waals surface area contributed by atoms with Crippen LogP contribution in [0.3, 0.4) is 0 Å². The van der Waals surface area contributed by atoms with E-state index in [2.05, 4.69) is 0 Å². The molecule has 2 unspecified atom stereocenters. The first kappa shape index (κ1) is 18.1. The van der Waals surface area contributed by atoms with Crippen LogP contribution in [-0.2, 0) is 4.79 Å². The lowest BCUT2D eigenvalue weighted by molar-refractivity contribution is -0.140. The number of carbonyl (C=O) groups excluding carboxylic acids is 2. The van der Waals surface area contributed by atoms with E-state index in [0.717, 1.165) is 49.7 Å². The summed E-state index contributed by atoms with van der Waals surface area (Å²) in [5.41, 5.74) is 7.96. The quantitative estimate of drug-likeness (QED) is 0.857. The van der Waals surface area contributed by atoms with Crippen molar-refractivity contribution < 1.29 is 9.59 Å². The van der Waals surface area contributed by atoms with Gasteiger partial charge in [-0.1, -0.05) is 42.7 Å². The van der Waals surface area contributed by atoms with Crippen molar-refractivity contribution in [3.63, 3.8) is 0 Å². The fraction of sp³-hybridized carbons (Fsp3) is 0.619. The average molecular weight is 342 g/mol. The molecule has 2 aliphatic rings. The summed E-state index contributed by atoms with van der Waals surface area (Å²) in [7, 11) is 0. The van der Waals surface area contributed by atoms with Gasteiger partial charge in [0.2, 0.25) is 5.91 Å². The molecule has 4 nitrogen and oxygen atoms in total. The Kier molecular flexibility index (Phi) is 5.28. The minimum absolute atomic E-state index is 0.0300. The van der Waals surface area contributed by atoms with Crippen LogP contribution in [0.25, 0.3) is 0 Å². The predicted octanol–water partition coefficient (Wildman–Crippen LogP) is 3.32. The van der Waals surface area contributed by atoms with E-state index in [4.69, 9.17) is 5.73 Å². The number of hydrogen-bond donors (Lipinski definition) is 1. The Morgan fingerprint density at radius 3 is 2.32 bits per heavy atom. The zero-order chi connectivity index (χ0) is 18.0. The molecule has 136 valence electrons. The Labute approximate surface area is 150 Å². The zero-order valence-corrected chi connectivity index (χ0v) is 15.5. The van der Waals surface area contributed by atoms with Crippen LogP contribution in [0, 0.1) is 18.8 Å². The highest BCUT2D eigenvalue weighted by molar-refractivity contribution is 5.98. The van der Waals surface area contributed by atoms with Crippen molar-refractivity contribution in [1.29, 1.82) is 0 Å². The molecule has 1 aromatic rings. The third-order valence-corrected chi connectivity index (χ3v) is 6.07. The molecule has 1 heterocycles. The topological polar surface area (TPSA) is 63.4 Å². The first-order valence-corrected chi connectivity index (χ1v) is 9.57. The van der Waals surface area contributed by atoms with Crippen molar-refractivity contribution in [2.45, 2.75) is 57.9 Å². The van der Waals surface area contributed by atoms with Gasteiger partial charge in [-0.25, -0.2) is 0 Å². The number of benzene rings is 1. The summed E-state index contributed by atoms with van der Waals surface area (Å²) in [6.45, 7) is 5.39. The molecule has 4 heteroatoms. The highest BCUT2D eigenvalue weighted by atomic mass is 16.2. The number of ketones is 1. The van der Waals surface area contributed by atoms with Crippen LogP contribution in [0.2, 0.25) is 0 Å². The summed E-state index contributed by atoms with van der Waals surface area (Å²) in [6.07, 6.45) is 5.54. The largest absolute Gasteiger partial charge is 0.342 e. The van der Waals surface area contributed by atoms with E-state index in [9.17, 15) is 9.59 Å². The molecule has 2 atom stereocenters. The van der Waals surface area contributed by atoms with Crippen LogP contribution >= 0.6 is 0 Å². The number of carbonyl (C=O) groups is 2. The molecule has 0 aromatic heterocycles. The van der Waals surface area contributed by atoms with Gasteiger partial charge >= 0.3 is 0 Å². The molecule has 1 saturated heterocycles. The molecule has 2 fully saturated rings. The second-order valence-electron chi connectivity index (χ2n) is 8.13. The summed E-state index contributed by atoms with van der Waals surface area (Å²) in [5.74, 6) is 0.382. The second kappa shape index (κ2) is 7.28. The highest BCUT2D eigenvalue weighted by Crippen LogP contribution is 2.34. The van der Waals surface area contributed by atoms with Gasteiger partial charge in [0, 0.05) is 30.1 Å². The molecule has 1 aliphatic heterocycles. The molecule has 0 radical (unpaired) electrons. The molecule has 3 rings (SSSR count). The Morgan fingerprint density at radius 1 is 1.08 bits per heavy atom. The predicted molar refractivity (Wildman–Crippen MR) is 99.4 cm³/mol. The lowest BCUT2D eigenvalue weighted by Gasteiger charge is -2.41. The van der Waals surface area contributed by atoms with E-state index in [0.29, 0.717) is 13.1 Å². The van der Waals surface area contributed by atoms with Crippen LogP contribution in [0.5, 0.6) is 0 Å². The van der Waals surface area contributed by atoms with Crippen molar-refractivity contribution in [2.75, 3.05) is 13.1 Å². The van der Waals surface area contributed by atoms with Crippen molar-refractivity contribution in [3.8, 4) is 0 Å². The van der Waals surface area contributed by atoms with Crippen LogP contribution in [0.4, 0.5) is 0 Å². The Balaban J connectivity index is 1.59. The molecule has 1 amide bonds. The maximum Gasteiger partial charge on any atom is 0.227 e. The van der Waals surface area contributed by atoms with Crippen LogP contribution in [0.1, 0.15) is 61.4 Å². The maximum atomic E-state index is 12.9. The Bertz CT molecular complexity index is 628. The number of nitrogens with zero attached hydrogens (tertiary/aromatic N) is 1. The molecule has 1 aromatic carbocycles. The molecule has 0 spiro atoms. The number of aryl methyl sites for hydroxylation is 1. The van der Waals surface area contributed by atoms with Crippen LogP contribution in [-0.4, -0.2) is 35.2 Å². The van der Waals surface area contributed by atoms with Crippen molar-refractivity contribution >= 4 is 11.7 Å². The first-order valence-electron chi connectivity index (χ1n) is 9.57. The zero-order valence-electron chi connectivity index (χ0n) is 15.5. The smallest absolute Gasteiger partial charge is 0.227 e. The number of amides is 1. The van der Waals surface area contributed by atoms with Crippen molar-refractivity contribution in [3.05, 3.63) is 35.4 Å². The summed E-state index contributed by atoms with van der Waals surface area (Å²) in [4.78, 5) is 27.5. The Hall–Kier alpha value is -1.68. The summed E-state index contributed by atoms with van der Waals surface area (Å²) in [5, 5.41) is 0. The van der Waals surface area contributed by atoms with E-state index >= 15 is 0 Å². The monoisotopic (exact) mass is 342 g/mol. The number of nitrogens with two attached hydrogens (primary N) is 1. The van der Waals surface area contributed by atoms with E-state index in [1.807, 2.05) is 43.0 Å². The standard InChI is InChI=1S/C21H30N2O2/c1-15-6-8-16(9-7-15)19(24)17-10-13-23(14-11-17)20(25)18-5-3-4-12-21(18,2)22/h6-9,17-18H,3-5,10-14,22H2,1-2H3. The molecular formula is C21H30N2O2. The minimum Gasteiger partial charge on any atom is -0.342 e. The van der Waals surface area contributed by atoms with Gasteiger partial charge in [-0.15, -0.1) is 0 Å². The summed E-state index contributed by atoms with van der Waals surface area (Å²) < 4.78 is 0. The van der Waals surface area contributed by atoms with Gasteiger partial charge in [-0.3, -0.25) is 9.59 Å². The van der Waals surface area contributed by atoms with Gasteiger partial charge in [-0.2, -0.15) is 0 Å². The van der Waals surface area contributed by atoms with E-state index in [-0.39, 0.29) is 29.1 Å². The van der Waals surface area contributed by atoms with Gasteiger partial charge in [-0.05, 0) is 39.5 Å². The fourth-order valence-electron chi connectivity index (χ4n) is 4.30. The highest BCUT2D eigenvalue weighted by Gasteiger charge is 2.40. The van der Waals surface area contributed by atoms with E-state index < -0.39 is 0 Å². The van der Waals surface area contributed by atoms with Crippen molar-refractivity contribution in [1.82, 2.24) is 4.90 Å². The third-order valence-electron chi connectivity index (χ3n) is 6.07. The maximum absolute atomic E-state index is 12.9. The Morgan fingerprint density at radius 2 is 1.72 bits per heavy atom. The molecule has 2 N–H and O–H groups in total. The number of rotatable bonds is 3. The van der Waals surface area contributed by atoms with Gasteiger partial charge in [0.05, 0.1) is 5.92 Å². The number of Topliss-reactive ketones (excluding diaryl/α,β-unsaturated/α-hetero) is 1. The SMILES string of the molecule is Cc1ccc(C(=O)C2CCN(C(=O)C3CCCCC3(C)N)CC2)cc1. The first-order chi connectivity index (χ1) is 11.9. The van der Waals surface area contributed by atoms with Crippen LogP contribution < -0.4 is 5.73 Å². The number of piperidine rings is 1. The lowest BCUT2D eigenvalue weighted by Crippen LogP contribution is -2.55. The molecule has 1 aliphatic carbocycles.